The summed E-state index contributed by atoms with van der Waals surface area (Å²) in [6.07, 6.45) is 8.49. The van der Waals surface area contributed by atoms with Crippen LogP contribution in [0.25, 0.3) is 0 Å². The molecule has 3 rings (SSSR count). The van der Waals surface area contributed by atoms with Crippen molar-refractivity contribution in [3.63, 3.8) is 0 Å². The molecule has 1 amide bonds. The monoisotopic (exact) mass is 315 g/mol. The number of hydrogen-bond donors (Lipinski definition) is 1. The van der Waals surface area contributed by atoms with Gasteiger partial charge in [-0.15, -0.1) is 0 Å². The van der Waals surface area contributed by atoms with Gasteiger partial charge >= 0.3 is 0 Å². The highest BCUT2D eigenvalue weighted by Crippen LogP contribution is 2.28. The second kappa shape index (κ2) is 7.40. The molecule has 1 N–H and O–H groups in total. The van der Waals surface area contributed by atoms with Crippen molar-refractivity contribution in [3.8, 4) is 0 Å². The van der Waals surface area contributed by atoms with Gasteiger partial charge in [-0.05, 0) is 30.0 Å². The first-order chi connectivity index (χ1) is 11.2. The lowest BCUT2D eigenvalue weighted by molar-refractivity contribution is -0.116. The van der Waals surface area contributed by atoms with E-state index in [-0.39, 0.29) is 11.7 Å². The van der Waals surface area contributed by atoms with Gasteiger partial charge in [-0.1, -0.05) is 37.8 Å². The van der Waals surface area contributed by atoms with Crippen LogP contribution in [0, 0.1) is 11.7 Å². The summed E-state index contributed by atoms with van der Waals surface area (Å²) in [7, 11) is 0. The fourth-order valence-corrected chi connectivity index (χ4v) is 3.13. The van der Waals surface area contributed by atoms with E-state index in [1.54, 1.807) is 22.9 Å². The van der Waals surface area contributed by atoms with Gasteiger partial charge in [-0.25, -0.2) is 4.39 Å². The molecule has 1 heterocycles. The fraction of sp³-hybridized carbons (Fsp3) is 0.444. The second-order valence-corrected chi connectivity index (χ2v) is 6.26. The Hall–Kier alpha value is -2.17. The van der Waals surface area contributed by atoms with Gasteiger partial charge in [0, 0.05) is 18.7 Å². The molecular formula is C18H22FN3O. The molecular weight excluding hydrogens is 293 g/mol. The molecule has 4 nitrogen and oxygen atoms in total. The van der Waals surface area contributed by atoms with Crippen molar-refractivity contribution in [2.75, 3.05) is 5.32 Å². The van der Waals surface area contributed by atoms with Crippen molar-refractivity contribution in [1.82, 2.24) is 9.78 Å². The zero-order valence-electron chi connectivity index (χ0n) is 13.2. The highest BCUT2D eigenvalue weighted by Gasteiger charge is 2.16. The first-order valence-corrected chi connectivity index (χ1v) is 8.27. The maximum atomic E-state index is 12.9. The van der Waals surface area contributed by atoms with Crippen LogP contribution in [0.3, 0.4) is 0 Å². The molecule has 0 aliphatic heterocycles. The zero-order valence-corrected chi connectivity index (χ0v) is 13.2. The van der Waals surface area contributed by atoms with Crippen LogP contribution in [0.4, 0.5) is 10.2 Å². The van der Waals surface area contributed by atoms with E-state index in [1.807, 2.05) is 6.20 Å². The van der Waals surface area contributed by atoms with Crippen LogP contribution in [-0.2, 0) is 11.3 Å². The van der Waals surface area contributed by atoms with Crippen molar-refractivity contribution in [2.24, 2.45) is 5.92 Å². The minimum atomic E-state index is -0.246. The molecule has 0 saturated heterocycles. The minimum Gasteiger partial charge on any atom is -0.309 e. The largest absolute Gasteiger partial charge is 0.309 e. The molecule has 122 valence electrons. The molecule has 0 unspecified atom stereocenters. The third-order valence-electron chi connectivity index (χ3n) is 4.42. The zero-order chi connectivity index (χ0) is 16.1. The number of anilines is 1. The molecule has 1 saturated carbocycles. The van der Waals surface area contributed by atoms with E-state index in [0.29, 0.717) is 18.8 Å². The number of carbonyl (C=O) groups is 1. The van der Waals surface area contributed by atoms with E-state index in [2.05, 4.69) is 10.4 Å². The van der Waals surface area contributed by atoms with E-state index in [4.69, 9.17) is 0 Å². The Morgan fingerprint density at radius 1 is 1.22 bits per heavy atom. The predicted molar refractivity (Wildman–Crippen MR) is 87.6 cm³/mol. The first-order valence-electron chi connectivity index (χ1n) is 8.27. The summed E-state index contributed by atoms with van der Waals surface area (Å²) in [5.41, 5.74) is 0.966. The average Bonchev–Trinajstić information content (AvgIpc) is 3.20. The van der Waals surface area contributed by atoms with Crippen molar-refractivity contribution in [2.45, 2.75) is 45.1 Å². The van der Waals surface area contributed by atoms with Crippen molar-refractivity contribution in [1.29, 1.82) is 0 Å². The fourth-order valence-electron chi connectivity index (χ4n) is 3.13. The van der Waals surface area contributed by atoms with Crippen LogP contribution in [0.1, 0.15) is 44.1 Å². The van der Waals surface area contributed by atoms with E-state index < -0.39 is 0 Å². The van der Waals surface area contributed by atoms with Gasteiger partial charge < -0.3 is 5.32 Å². The lowest BCUT2D eigenvalue weighted by Crippen LogP contribution is -2.13. The van der Waals surface area contributed by atoms with Crippen molar-refractivity contribution in [3.05, 3.63) is 47.9 Å². The lowest BCUT2D eigenvalue weighted by Gasteiger charge is -2.07. The van der Waals surface area contributed by atoms with E-state index >= 15 is 0 Å². The van der Waals surface area contributed by atoms with E-state index in [0.717, 1.165) is 17.9 Å². The quantitative estimate of drug-likeness (QED) is 0.876. The Labute approximate surface area is 135 Å². The van der Waals surface area contributed by atoms with Crippen LogP contribution < -0.4 is 5.32 Å². The summed E-state index contributed by atoms with van der Waals surface area (Å²) in [4.78, 5) is 12.0. The van der Waals surface area contributed by atoms with Gasteiger partial charge in [0.25, 0.3) is 0 Å². The van der Waals surface area contributed by atoms with Crippen molar-refractivity contribution >= 4 is 11.7 Å². The molecule has 0 atom stereocenters. The molecule has 2 aromatic rings. The topological polar surface area (TPSA) is 46.9 Å². The lowest BCUT2D eigenvalue weighted by atomic mass is 10.0. The van der Waals surface area contributed by atoms with E-state index in [9.17, 15) is 9.18 Å². The van der Waals surface area contributed by atoms with Crippen LogP contribution in [0.15, 0.2) is 36.5 Å². The normalized spacial score (nSPS) is 15.0. The van der Waals surface area contributed by atoms with E-state index in [1.165, 1.54) is 37.8 Å². The third kappa shape index (κ3) is 4.65. The number of nitrogens with zero attached hydrogens (tertiary/aromatic N) is 2. The summed E-state index contributed by atoms with van der Waals surface area (Å²) in [6, 6.07) is 8.12. The number of amides is 1. The molecule has 0 radical (unpaired) electrons. The van der Waals surface area contributed by atoms with Gasteiger partial charge in [-0.3, -0.25) is 9.48 Å². The van der Waals surface area contributed by atoms with Gasteiger partial charge in [-0.2, -0.15) is 5.10 Å². The average molecular weight is 315 g/mol. The number of carbonyl (C=O) groups excluding carboxylic acids is 1. The van der Waals surface area contributed by atoms with Gasteiger partial charge in [0.1, 0.15) is 5.82 Å². The predicted octanol–water partition coefficient (Wildman–Crippen LogP) is 3.98. The Kier molecular flexibility index (Phi) is 5.05. The third-order valence-corrected chi connectivity index (χ3v) is 4.42. The SMILES string of the molecule is O=C(CCC1CCCC1)Nc1ccn(Cc2ccc(F)cc2)n1. The van der Waals surface area contributed by atoms with Crippen LogP contribution in [0.2, 0.25) is 0 Å². The molecule has 1 aliphatic rings. The standard InChI is InChI=1S/C18H22FN3O/c19-16-8-5-15(6-9-16)13-22-12-11-17(21-22)20-18(23)10-7-14-3-1-2-4-14/h5-6,8-9,11-12,14H,1-4,7,10,13H2,(H,20,21,23). The van der Waals surface area contributed by atoms with Crippen LogP contribution in [0.5, 0.6) is 0 Å². The van der Waals surface area contributed by atoms with Crippen LogP contribution >= 0.6 is 0 Å². The molecule has 1 aromatic carbocycles. The molecule has 5 heteroatoms. The summed E-state index contributed by atoms with van der Waals surface area (Å²) >= 11 is 0. The maximum Gasteiger partial charge on any atom is 0.225 e. The number of hydrogen-bond acceptors (Lipinski definition) is 2. The second-order valence-electron chi connectivity index (χ2n) is 6.26. The molecule has 1 aromatic heterocycles. The summed E-state index contributed by atoms with van der Waals surface area (Å²) in [6.45, 7) is 0.554. The number of rotatable bonds is 6. The highest BCUT2D eigenvalue weighted by molar-refractivity contribution is 5.89. The Bertz CT molecular complexity index is 645. The molecule has 1 aliphatic carbocycles. The smallest absolute Gasteiger partial charge is 0.225 e. The number of aromatic nitrogens is 2. The Balaban J connectivity index is 1.48. The maximum absolute atomic E-state index is 12.9. The van der Waals surface area contributed by atoms with Gasteiger partial charge in [0.05, 0.1) is 6.54 Å². The van der Waals surface area contributed by atoms with Crippen LogP contribution in [-0.4, -0.2) is 15.7 Å². The minimum absolute atomic E-state index is 0.0314. The summed E-state index contributed by atoms with van der Waals surface area (Å²) < 4.78 is 14.6. The number of benzene rings is 1. The Morgan fingerprint density at radius 2 is 1.96 bits per heavy atom. The number of halogens is 1. The first kappa shape index (κ1) is 15.7. The van der Waals surface area contributed by atoms with Gasteiger partial charge in [0.15, 0.2) is 5.82 Å². The molecule has 0 bridgehead atoms. The summed E-state index contributed by atoms with van der Waals surface area (Å²) in [5.74, 6) is 1.08. The van der Waals surface area contributed by atoms with Crippen molar-refractivity contribution < 1.29 is 9.18 Å². The molecule has 1 fully saturated rings. The number of nitrogens with one attached hydrogen (secondary N) is 1. The van der Waals surface area contributed by atoms with Gasteiger partial charge in [0.2, 0.25) is 5.91 Å². The molecule has 0 spiro atoms. The summed E-state index contributed by atoms with van der Waals surface area (Å²) in [5, 5.41) is 7.19. The molecule has 23 heavy (non-hydrogen) atoms. The highest BCUT2D eigenvalue weighted by atomic mass is 19.1. The Morgan fingerprint density at radius 3 is 2.70 bits per heavy atom.